The van der Waals surface area contributed by atoms with Crippen LogP contribution in [0.2, 0.25) is 5.02 Å². The fourth-order valence-electron chi connectivity index (χ4n) is 1.94. The van der Waals surface area contributed by atoms with E-state index in [-0.39, 0.29) is 24.9 Å². The number of nitrogens with zero attached hydrogens (tertiary/aromatic N) is 2. The quantitative estimate of drug-likeness (QED) is 0.768. The predicted molar refractivity (Wildman–Crippen MR) is 71.7 cm³/mol. The van der Waals surface area contributed by atoms with E-state index in [4.69, 9.17) is 17.3 Å². The number of amides is 2. The molecule has 1 aromatic rings. The molecule has 0 unspecified atom stereocenters. The zero-order valence-electron chi connectivity index (χ0n) is 10.7. The van der Waals surface area contributed by atoms with Gasteiger partial charge in [-0.2, -0.15) is 0 Å². The van der Waals surface area contributed by atoms with Crippen molar-refractivity contribution >= 4 is 29.2 Å². The minimum Gasteiger partial charge on any atom is -0.332 e. The van der Waals surface area contributed by atoms with E-state index in [1.807, 2.05) is 0 Å². The number of carbonyl (C=O) groups excluding carboxylic acids is 2. The first kappa shape index (κ1) is 13.8. The average Bonchev–Trinajstić information content (AvgIpc) is 2.35. The summed E-state index contributed by atoms with van der Waals surface area (Å²) in [5, 5.41) is 2.68. The number of hydrogen-bond donors (Lipinski definition) is 2. The van der Waals surface area contributed by atoms with Crippen molar-refractivity contribution in [3.8, 4) is 0 Å². The molecule has 1 aliphatic heterocycles. The Morgan fingerprint density at radius 3 is 2.84 bits per heavy atom. The van der Waals surface area contributed by atoms with Crippen LogP contribution >= 0.6 is 11.6 Å². The standard InChI is InChI=1S/C12H15ClN4O2/c1-12(2)11(19)16-8(18)6-17(12)10-9(13)7(5-14)3-4-15-10/h3-4H,5-6,14H2,1-2H3,(H,16,18,19). The number of pyridine rings is 1. The zero-order chi connectivity index (χ0) is 14.2. The molecule has 1 aromatic heterocycles. The number of rotatable bonds is 2. The molecule has 2 heterocycles. The van der Waals surface area contributed by atoms with Crippen LogP contribution in [-0.2, 0) is 16.1 Å². The Bertz CT molecular complexity index is 545. The molecule has 0 bridgehead atoms. The second kappa shape index (κ2) is 4.79. The maximum absolute atomic E-state index is 11.9. The van der Waals surface area contributed by atoms with E-state index in [0.717, 1.165) is 5.56 Å². The third-order valence-corrected chi connectivity index (χ3v) is 3.62. The van der Waals surface area contributed by atoms with E-state index >= 15 is 0 Å². The Hall–Kier alpha value is -1.66. The van der Waals surface area contributed by atoms with Gasteiger partial charge in [-0.25, -0.2) is 4.98 Å². The van der Waals surface area contributed by atoms with Gasteiger partial charge in [0.2, 0.25) is 5.91 Å². The summed E-state index contributed by atoms with van der Waals surface area (Å²) < 4.78 is 0. The summed E-state index contributed by atoms with van der Waals surface area (Å²) in [6.07, 6.45) is 1.57. The van der Waals surface area contributed by atoms with Gasteiger partial charge < -0.3 is 10.6 Å². The van der Waals surface area contributed by atoms with Crippen molar-refractivity contribution in [2.75, 3.05) is 11.4 Å². The highest BCUT2D eigenvalue weighted by Crippen LogP contribution is 2.32. The normalized spacial score (nSPS) is 18.4. The van der Waals surface area contributed by atoms with E-state index in [1.54, 1.807) is 31.0 Å². The maximum Gasteiger partial charge on any atom is 0.251 e. The van der Waals surface area contributed by atoms with Crippen LogP contribution in [0.5, 0.6) is 0 Å². The second-order valence-electron chi connectivity index (χ2n) is 4.83. The SMILES string of the molecule is CC1(C)C(=O)NC(=O)CN1c1nccc(CN)c1Cl. The lowest BCUT2D eigenvalue weighted by Crippen LogP contribution is -2.64. The molecule has 7 heteroatoms. The topological polar surface area (TPSA) is 88.3 Å². The van der Waals surface area contributed by atoms with Gasteiger partial charge in [-0.3, -0.25) is 14.9 Å². The lowest BCUT2D eigenvalue weighted by Gasteiger charge is -2.41. The monoisotopic (exact) mass is 282 g/mol. The fraction of sp³-hybridized carbons (Fsp3) is 0.417. The molecule has 102 valence electrons. The van der Waals surface area contributed by atoms with Crippen molar-refractivity contribution in [1.82, 2.24) is 10.3 Å². The minimum atomic E-state index is -0.905. The highest BCUT2D eigenvalue weighted by atomic mass is 35.5. The lowest BCUT2D eigenvalue weighted by atomic mass is 9.98. The molecule has 1 saturated heterocycles. The molecule has 2 amide bonds. The van der Waals surface area contributed by atoms with E-state index in [9.17, 15) is 9.59 Å². The first-order valence-corrected chi connectivity index (χ1v) is 6.21. The van der Waals surface area contributed by atoms with Gasteiger partial charge in [-0.05, 0) is 25.5 Å². The zero-order valence-corrected chi connectivity index (χ0v) is 11.5. The van der Waals surface area contributed by atoms with Crippen molar-refractivity contribution < 1.29 is 9.59 Å². The van der Waals surface area contributed by atoms with Crippen LogP contribution in [0.25, 0.3) is 0 Å². The molecule has 0 spiro atoms. The number of nitrogens with one attached hydrogen (secondary N) is 1. The van der Waals surface area contributed by atoms with Crippen molar-refractivity contribution in [1.29, 1.82) is 0 Å². The summed E-state index contributed by atoms with van der Waals surface area (Å²) in [5.41, 5.74) is 5.41. The molecule has 0 atom stereocenters. The van der Waals surface area contributed by atoms with Gasteiger partial charge in [-0.15, -0.1) is 0 Å². The van der Waals surface area contributed by atoms with Crippen LogP contribution in [0.4, 0.5) is 5.82 Å². The van der Waals surface area contributed by atoms with E-state index in [0.29, 0.717) is 10.8 Å². The van der Waals surface area contributed by atoms with Crippen LogP contribution in [0.15, 0.2) is 12.3 Å². The van der Waals surface area contributed by atoms with Gasteiger partial charge >= 0.3 is 0 Å². The van der Waals surface area contributed by atoms with Gasteiger partial charge in [0.25, 0.3) is 5.91 Å². The Labute approximate surface area is 115 Å². The molecular weight excluding hydrogens is 268 g/mol. The molecule has 1 fully saturated rings. The highest BCUT2D eigenvalue weighted by Gasteiger charge is 2.42. The third kappa shape index (κ3) is 2.29. The summed E-state index contributed by atoms with van der Waals surface area (Å²) >= 11 is 6.24. The number of halogens is 1. The summed E-state index contributed by atoms with van der Waals surface area (Å²) in [6.45, 7) is 3.71. The number of anilines is 1. The second-order valence-corrected chi connectivity index (χ2v) is 5.21. The fourth-order valence-corrected chi connectivity index (χ4v) is 2.23. The number of piperazine rings is 1. The van der Waals surface area contributed by atoms with E-state index in [2.05, 4.69) is 10.3 Å². The van der Waals surface area contributed by atoms with Gasteiger partial charge in [-0.1, -0.05) is 11.6 Å². The number of imide groups is 1. The molecule has 6 nitrogen and oxygen atoms in total. The molecule has 0 saturated carbocycles. The molecular formula is C12H15ClN4O2. The van der Waals surface area contributed by atoms with Gasteiger partial charge in [0.05, 0.1) is 11.6 Å². The molecule has 0 aromatic carbocycles. The largest absolute Gasteiger partial charge is 0.332 e. The van der Waals surface area contributed by atoms with Crippen LogP contribution < -0.4 is 16.0 Å². The summed E-state index contributed by atoms with van der Waals surface area (Å²) in [6, 6.07) is 1.71. The molecule has 3 N–H and O–H groups in total. The van der Waals surface area contributed by atoms with Crippen LogP contribution in [0.3, 0.4) is 0 Å². The number of nitrogens with two attached hydrogens (primary N) is 1. The van der Waals surface area contributed by atoms with Gasteiger partial charge in [0.15, 0.2) is 0 Å². The van der Waals surface area contributed by atoms with Crippen molar-refractivity contribution in [2.45, 2.75) is 25.9 Å². The minimum absolute atomic E-state index is 0.0273. The number of carbonyl (C=O) groups is 2. The van der Waals surface area contributed by atoms with Crippen molar-refractivity contribution in [2.24, 2.45) is 5.73 Å². The third-order valence-electron chi connectivity index (χ3n) is 3.21. The maximum atomic E-state index is 11.9. The van der Waals surface area contributed by atoms with E-state index < -0.39 is 5.54 Å². The van der Waals surface area contributed by atoms with Crippen molar-refractivity contribution in [3.05, 3.63) is 22.8 Å². The Morgan fingerprint density at radius 1 is 1.53 bits per heavy atom. The van der Waals surface area contributed by atoms with Gasteiger partial charge in [0, 0.05) is 12.7 Å². The molecule has 2 rings (SSSR count). The van der Waals surface area contributed by atoms with Crippen LogP contribution in [0.1, 0.15) is 19.4 Å². The van der Waals surface area contributed by atoms with Crippen molar-refractivity contribution in [3.63, 3.8) is 0 Å². The summed E-state index contributed by atoms with van der Waals surface area (Å²) in [5.74, 6) is -0.349. The highest BCUT2D eigenvalue weighted by molar-refractivity contribution is 6.34. The Kier molecular flexibility index (Phi) is 3.47. The first-order valence-electron chi connectivity index (χ1n) is 5.83. The average molecular weight is 283 g/mol. The molecule has 19 heavy (non-hydrogen) atoms. The molecule has 0 aliphatic carbocycles. The smallest absolute Gasteiger partial charge is 0.251 e. The van der Waals surface area contributed by atoms with Crippen LogP contribution in [0, 0.1) is 0 Å². The van der Waals surface area contributed by atoms with Crippen LogP contribution in [-0.4, -0.2) is 28.9 Å². The Balaban J connectivity index is 2.50. The lowest BCUT2D eigenvalue weighted by molar-refractivity contribution is -0.135. The van der Waals surface area contributed by atoms with Gasteiger partial charge in [0.1, 0.15) is 11.4 Å². The molecule has 1 aliphatic rings. The Morgan fingerprint density at radius 2 is 2.21 bits per heavy atom. The molecule has 0 radical (unpaired) electrons. The predicted octanol–water partition coefficient (Wildman–Crippen LogP) is 0.435. The first-order chi connectivity index (χ1) is 8.87. The number of hydrogen-bond acceptors (Lipinski definition) is 5. The van der Waals surface area contributed by atoms with E-state index in [1.165, 1.54) is 0 Å². The summed E-state index contributed by atoms with van der Waals surface area (Å²) in [4.78, 5) is 29.2. The number of aromatic nitrogens is 1. The summed E-state index contributed by atoms with van der Waals surface area (Å²) in [7, 11) is 0.